The molecule has 0 saturated heterocycles. The number of phenolic OH excluding ortho intramolecular Hbond substituents is 1. The zero-order valence-electron chi connectivity index (χ0n) is 15.4. The Labute approximate surface area is 163 Å². The van der Waals surface area contributed by atoms with Crippen molar-refractivity contribution in [1.82, 2.24) is 20.6 Å². The van der Waals surface area contributed by atoms with Gasteiger partial charge in [-0.3, -0.25) is 5.10 Å². The van der Waals surface area contributed by atoms with Crippen LogP contribution in [0, 0.1) is 13.8 Å². The maximum Gasteiger partial charge on any atom is 0.416 e. The number of halogens is 3. The normalized spacial score (nSPS) is 11.8. The Morgan fingerprint density at radius 3 is 2.45 bits per heavy atom. The fraction of sp³-hybridized carbons (Fsp3) is 0.150. The van der Waals surface area contributed by atoms with Gasteiger partial charge in [0.2, 0.25) is 0 Å². The van der Waals surface area contributed by atoms with Crippen LogP contribution in [-0.2, 0) is 6.18 Å². The number of aryl methyl sites for hydroxylation is 2. The van der Waals surface area contributed by atoms with E-state index in [2.05, 4.69) is 20.6 Å². The molecule has 6 nitrogen and oxygen atoms in total. The lowest BCUT2D eigenvalue weighted by atomic mass is 9.87. The lowest BCUT2D eigenvalue weighted by Crippen LogP contribution is -2.04. The molecule has 4 rings (SSSR count). The second-order valence-corrected chi connectivity index (χ2v) is 6.52. The molecule has 0 radical (unpaired) electrons. The van der Waals surface area contributed by atoms with E-state index >= 15 is 0 Å². The number of rotatable bonds is 3. The Balaban J connectivity index is 2.08. The SMILES string of the molecule is Cc1noc(C)c1-c1c(-c2cccc(C(F)(F)F)c2)ccc(O)c1-c1c[nH]nn1. The Bertz CT molecular complexity index is 1160. The van der Waals surface area contributed by atoms with Crippen LogP contribution in [0.2, 0.25) is 0 Å². The highest BCUT2D eigenvalue weighted by molar-refractivity contribution is 5.97. The molecule has 0 atom stereocenters. The first kappa shape index (κ1) is 18.7. The zero-order chi connectivity index (χ0) is 20.8. The standard InChI is InChI=1S/C20H15F3N4O2/c1-10-17(11(2)29-26-10)18-14(12-4-3-5-13(8-12)20(21,22)23)6-7-16(28)19(18)15-9-24-27-25-15/h3-9,28H,1-2H3,(H,24,25,27). The third kappa shape index (κ3) is 3.24. The molecule has 2 aromatic heterocycles. The molecule has 2 heterocycles. The van der Waals surface area contributed by atoms with E-state index in [1.165, 1.54) is 18.3 Å². The monoisotopic (exact) mass is 400 g/mol. The van der Waals surface area contributed by atoms with Gasteiger partial charge >= 0.3 is 6.18 Å². The fourth-order valence-electron chi connectivity index (χ4n) is 3.38. The van der Waals surface area contributed by atoms with Crippen molar-refractivity contribution in [2.24, 2.45) is 0 Å². The molecule has 9 heteroatoms. The van der Waals surface area contributed by atoms with E-state index in [9.17, 15) is 18.3 Å². The van der Waals surface area contributed by atoms with Crippen LogP contribution in [0.1, 0.15) is 17.0 Å². The quantitative estimate of drug-likeness (QED) is 0.497. The first-order valence-electron chi connectivity index (χ1n) is 8.61. The molecule has 0 aliphatic rings. The Morgan fingerprint density at radius 2 is 1.83 bits per heavy atom. The molecule has 0 amide bonds. The molecule has 0 saturated carbocycles. The summed E-state index contributed by atoms with van der Waals surface area (Å²) in [5.74, 6) is 0.371. The zero-order valence-corrected chi connectivity index (χ0v) is 15.4. The number of aromatic nitrogens is 4. The van der Waals surface area contributed by atoms with Crippen LogP contribution in [0.15, 0.2) is 47.1 Å². The second-order valence-electron chi connectivity index (χ2n) is 6.52. The van der Waals surface area contributed by atoms with Gasteiger partial charge in [-0.25, -0.2) is 0 Å². The number of nitrogens with zero attached hydrogens (tertiary/aromatic N) is 3. The molecule has 0 aliphatic carbocycles. The van der Waals surface area contributed by atoms with Crippen LogP contribution in [0.3, 0.4) is 0 Å². The summed E-state index contributed by atoms with van der Waals surface area (Å²) in [6, 6.07) is 7.99. The van der Waals surface area contributed by atoms with Gasteiger partial charge < -0.3 is 9.63 Å². The van der Waals surface area contributed by atoms with Crippen molar-refractivity contribution in [1.29, 1.82) is 0 Å². The molecule has 148 valence electrons. The van der Waals surface area contributed by atoms with E-state index in [0.29, 0.717) is 45.0 Å². The maximum absolute atomic E-state index is 13.3. The van der Waals surface area contributed by atoms with Crippen molar-refractivity contribution in [3.05, 3.63) is 59.6 Å². The van der Waals surface area contributed by atoms with E-state index in [-0.39, 0.29) is 5.75 Å². The first-order valence-corrected chi connectivity index (χ1v) is 8.61. The molecule has 0 aliphatic heterocycles. The maximum atomic E-state index is 13.3. The van der Waals surface area contributed by atoms with Gasteiger partial charge in [0.05, 0.1) is 23.0 Å². The van der Waals surface area contributed by atoms with E-state index in [1.807, 2.05) is 0 Å². The van der Waals surface area contributed by atoms with Crippen LogP contribution < -0.4 is 0 Å². The number of nitrogens with one attached hydrogen (secondary N) is 1. The van der Waals surface area contributed by atoms with Gasteiger partial charge in [-0.1, -0.05) is 28.6 Å². The van der Waals surface area contributed by atoms with E-state index in [0.717, 1.165) is 12.1 Å². The molecule has 29 heavy (non-hydrogen) atoms. The number of hydrogen-bond donors (Lipinski definition) is 2. The van der Waals surface area contributed by atoms with E-state index in [1.54, 1.807) is 26.0 Å². The summed E-state index contributed by atoms with van der Waals surface area (Å²) in [6.07, 6.45) is -2.99. The number of aromatic hydroxyl groups is 1. The van der Waals surface area contributed by atoms with Crippen LogP contribution >= 0.6 is 0 Å². The number of H-pyrrole nitrogens is 1. The highest BCUT2D eigenvalue weighted by atomic mass is 19.4. The number of phenols is 1. The van der Waals surface area contributed by atoms with Gasteiger partial charge in [-0.2, -0.15) is 13.2 Å². The lowest BCUT2D eigenvalue weighted by Gasteiger charge is -2.16. The topological polar surface area (TPSA) is 87.8 Å². The van der Waals surface area contributed by atoms with Crippen molar-refractivity contribution in [3.8, 4) is 39.3 Å². The molecule has 4 aromatic rings. The summed E-state index contributed by atoms with van der Waals surface area (Å²) in [5.41, 5.74) is 2.28. The van der Waals surface area contributed by atoms with Crippen molar-refractivity contribution in [3.63, 3.8) is 0 Å². The molecule has 0 fully saturated rings. The molecule has 0 bridgehead atoms. The summed E-state index contributed by atoms with van der Waals surface area (Å²) in [4.78, 5) is 0. The van der Waals surface area contributed by atoms with Gasteiger partial charge in [-0.15, -0.1) is 5.10 Å². The first-order chi connectivity index (χ1) is 13.8. The van der Waals surface area contributed by atoms with Crippen molar-refractivity contribution in [2.75, 3.05) is 0 Å². The third-order valence-electron chi connectivity index (χ3n) is 4.64. The predicted molar refractivity (Wildman–Crippen MR) is 98.9 cm³/mol. The summed E-state index contributed by atoms with van der Waals surface area (Å²) in [5, 5.41) is 24.8. The number of benzene rings is 2. The molecule has 0 spiro atoms. The highest BCUT2D eigenvalue weighted by Gasteiger charge is 2.31. The second kappa shape index (κ2) is 6.77. The van der Waals surface area contributed by atoms with Crippen molar-refractivity contribution in [2.45, 2.75) is 20.0 Å². The third-order valence-corrected chi connectivity index (χ3v) is 4.64. The Kier molecular flexibility index (Phi) is 4.37. The minimum absolute atomic E-state index is 0.0929. The van der Waals surface area contributed by atoms with Crippen LogP contribution in [0.4, 0.5) is 13.2 Å². The molecular formula is C20H15F3N4O2. The summed E-state index contributed by atoms with van der Waals surface area (Å²) < 4.78 is 45.1. The van der Waals surface area contributed by atoms with Crippen LogP contribution in [-0.4, -0.2) is 25.7 Å². The van der Waals surface area contributed by atoms with Gasteiger partial charge in [0, 0.05) is 11.1 Å². The van der Waals surface area contributed by atoms with Crippen molar-refractivity contribution >= 4 is 0 Å². The molecule has 2 N–H and O–H groups in total. The minimum Gasteiger partial charge on any atom is -0.507 e. The van der Waals surface area contributed by atoms with Crippen LogP contribution in [0.25, 0.3) is 33.5 Å². The van der Waals surface area contributed by atoms with Crippen molar-refractivity contribution < 1.29 is 22.8 Å². The predicted octanol–water partition coefficient (Wildman–Crippen LogP) is 5.13. The van der Waals surface area contributed by atoms with E-state index in [4.69, 9.17) is 4.52 Å². The number of hydrogen-bond acceptors (Lipinski definition) is 5. The van der Waals surface area contributed by atoms with Gasteiger partial charge in [0.25, 0.3) is 0 Å². The average molecular weight is 400 g/mol. The number of aromatic amines is 1. The fourth-order valence-corrected chi connectivity index (χ4v) is 3.38. The minimum atomic E-state index is -4.48. The van der Waals surface area contributed by atoms with Gasteiger partial charge in [-0.05, 0) is 43.2 Å². The Hall–Kier alpha value is -3.62. The lowest BCUT2D eigenvalue weighted by molar-refractivity contribution is -0.137. The molecule has 2 aromatic carbocycles. The summed E-state index contributed by atoms with van der Waals surface area (Å²) in [7, 11) is 0. The summed E-state index contributed by atoms with van der Waals surface area (Å²) in [6.45, 7) is 3.42. The van der Waals surface area contributed by atoms with Gasteiger partial charge in [0.15, 0.2) is 0 Å². The summed E-state index contributed by atoms with van der Waals surface area (Å²) >= 11 is 0. The Morgan fingerprint density at radius 1 is 1.03 bits per heavy atom. The largest absolute Gasteiger partial charge is 0.507 e. The smallest absolute Gasteiger partial charge is 0.416 e. The molecular weight excluding hydrogens is 385 g/mol. The van der Waals surface area contributed by atoms with Gasteiger partial charge in [0.1, 0.15) is 17.2 Å². The molecule has 0 unspecified atom stereocenters. The highest BCUT2D eigenvalue weighted by Crippen LogP contribution is 2.46. The van der Waals surface area contributed by atoms with E-state index < -0.39 is 11.7 Å². The number of alkyl halides is 3. The average Bonchev–Trinajstić information content (AvgIpc) is 3.31. The van der Waals surface area contributed by atoms with Crippen LogP contribution in [0.5, 0.6) is 5.75 Å².